The lowest BCUT2D eigenvalue weighted by atomic mass is 10.0. The van der Waals surface area contributed by atoms with Crippen LogP contribution in [0.25, 0.3) is 11.1 Å². The molecule has 0 bridgehead atoms. The second-order valence-corrected chi connectivity index (χ2v) is 5.63. The van der Waals surface area contributed by atoms with E-state index in [0.29, 0.717) is 11.3 Å². The van der Waals surface area contributed by atoms with Crippen molar-refractivity contribution < 1.29 is 9.90 Å². The molecule has 0 saturated heterocycles. The molecule has 124 valence electrons. The van der Waals surface area contributed by atoms with Crippen LogP contribution in [-0.4, -0.2) is 22.5 Å². The number of nitrogens with one attached hydrogen (secondary N) is 2. The number of rotatable bonds is 5. The van der Waals surface area contributed by atoms with Crippen molar-refractivity contribution in [2.24, 2.45) is 0 Å². The normalized spacial score (nSPS) is 11.5. The zero-order chi connectivity index (χ0) is 17.6. The summed E-state index contributed by atoms with van der Waals surface area (Å²) in [7, 11) is 0. The first-order chi connectivity index (χ1) is 12.2. The summed E-state index contributed by atoms with van der Waals surface area (Å²) in [5.74, 6) is -0.360. The van der Waals surface area contributed by atoms with Gasteiger partial charge in [0, 0.05) is 12.7 Å². The Morgan fingerprint density at radius 3 is 2.44 bits per heavy atom. The Kier molecular flexibility index (Phi) is 4.93. The summed E-state index contributed by atoms with van der Waals surface area (Å²) in [6.45, 7) is 0.0877. The Labute approximate surface area is 145 Å². The molecule has 2 aromatic carbocycles. The number of benzene rings is 2. The molecule has 0 aliphatic rings. The summed E-state index contributed by atoms with van der Waals surface area (Å²) in [5.41, 5.74) is 3.59. The Morgan fingerprint density at radius 1 is 1.12 bits per heavy atom. The fourth-order valence-corrected chi connectivity index (χ4v) is 2.52. The number of aliphatic hydroxyl groups excluding tert-OH is 1. The Bertz CT molecular complexity index is 893. The van der Waals surface area contributed by atoms with E-state index in [1.54, 1.807) is 0 Å². The summed E-state index contributed by atoms with van der Waals surface area (Å²) < 4.78 is 0. The largest absolute Gasteiger partial charge is 0.387 e. The molecule has 1 atom stereocenters. The Hall–Kier alpha value is -3.36. The molecule has 1 heterocycles. The highest BCUT2D eigenvalue weighted by Crippen LogP contribution is 2.21. The number of hydrogen-bond acceptors (Lipinski definition) is 3. The number of nitriles is 1. The molecule has 0 unspecified atom stereocenters. The second-order valence-electron chi connectivity index (χ2n) is 5.63. The highest BCUT2D eigenvalue weighted by molar-refractivity contribution is 5.92. The number of amides is 1. The van der Waals surface area contributed by atoms with Gasteiger partial charge in [-0.2, -0.15) is 5.26 Å². The van der Waals surface area contributed by atoms with Crippen LogP contribution in [0, 0.1) is 11.3 Å². The summed E-state index contributed by atoms with van der Waals surface area (Å²) in [5, 5.41) is 21.7. The molecule has 3 aromatic rings. The van der Waals surface area contributed by atoms with Gasteiger partial charge in [0.05, 0.1) is 11.7 Å². The molecule has 0 radical (unpaired) electrons. The lowest BCUT2D eigenvalue weighted by Crippen LogP contribution is -2.28. The molecule has 1 amide bonds. The maximum atomic E-state index is 12.0. The highest BCUT2D eigenvalue weighted by atomic mass is 16.3. The number of H-pyrrole nitrogens is 1. The first-order valence-electron chi connectivity index (χ1n) is 7.87. The van der Waals surface area contributed by atoms with E-state index < -0.39 is 6.10 Å². The summed E-state index contributed by atoms with van der Waals surface area (Å²) in [6.07, 6.45) is 0.660. The molecule has 0 aliphatic heterocycles. The Balaban J connectivity index is 1.60. The third-order valence-electron chi connectivity index (χ3n) is 3.92. The molecule has 0 spiro atoms. The highest BCUT2D eigenvalue weighted by Gasteiger charge is 2.12. The number of nitrogens with zero attached hydrogens (tertiary/aromatic N) is 1. The summed E-state index contributed by atoms with van der Waals surface area (Å²) in [4.78, 5) is 14.7. The maximum Gasteiger partial charge on any atom is 0.267 e. The van der Waals surface area contributed by atoms with Gasteiger partial charge < -0.3 is 15.4 Å². The van der Waals surface area contributed by atoms with Gasteiger partial charge in [0.25, 0.3) is 5.91 Å². The van der Waals surface area contributed by atoms with E-state index in [2.05, 4.69) is 10.3 Å². The average molecular weight is 331 g/mol. The predicted octanol–water partition coefficient (Wildman–Crippen LogP) is 3.02. The van der Waals surface area contributed by atoms with Gasteiger partial charge >= 0.3 is 0 Å². The van der Waals surface area contributed by atoms with Crippen LogP contribution in [0.15, 0.2) is 66.9 Å². The van der Waals surface area contributed by atoms with Crippen molar-refractivity contribution in [1.82, 2.24) is 10.3 Å². The van der Waals surface area contributed by atoms with Crippen molar-refractivity contribution in [1.29, 1.82) is 5.26 Å². The zero-order valence-corrected chi connectivity index (χ0v) is 13.4. The summed E-state index contributed by atoms with van der Waals surface area (Å²) in [6, 6.07) is 21.0. The lowest BCUT2D eigenvalue weighted by molar-refractivity contribution is 0.0912. The second kappa shape index (κ2) is 7.47. The average Bonchev–Trinajstić information content (AvgIpc) is 3.16. The molecular weight excluding hydrogens is 314 g/mol. The number of aromatic nitrogens is 1. The number of carbonyl (C=O) groups is 1. The van der Waals surface area contributed by atoms with Crippen LogP contribution >= 0.6 is 0 Å². The van der Waals surface area contributed by atoms with Crippen LogP contribution in [0.1, 0.15) is 27.7 Å². The maximum absolute atomic E-state index is 12.0. The van der Waals surface area contributed by atoms with Crippen molar-refractivity contribution in [3.8, 4) is 17.2 Å². The van der Waals surface area contributed by atoms with Crippen LogP contribution in [0.5, 0.6) is 0 Å². The van der Waals surface area contributed by atoms with E-state index in [4.69, 9.17) is 5.26 Å². The smallest absolute Gasteiger partial charge is 0.267 e. The molecular formula is C20H17N3O2. The Morgan fingerprint density at radius 2 is 1.80 bits per heavy atom. The van der Waals surface area contributed by atoms with Crippen molar-refractivity contribution in [3.63, 3.8) is 0 Å². The fourth-order valence-electron chi connectivity index (χ4n) is 2.52. The third kappa shape index (κ3) is 3.94. The van der Waals surface area contributed by atoms with E-state index in [9.17, 15) is 9.90 Å². The molecule has 0 saturated carbocycles. The van der Waals surface area contributed by atoms with Gasteiger partial charge in [-0.15, -0.1) is 0 Å². The van der Waals surface area contributed by atoms with E-state index in [0.717, 1.165) is 16.7 Å². The minimum atomic E-state index is -0.806. The van der Waals surface area contributed by atoms with Crippen LogP contribution in [0.2, 0.25) is 0 Å². The molecule has 5 heteroatoms. The first kappa shape index (κ1) is 16.5. The van der Waals surface area contributed by atoms with Crippen LogP contribution in [-0.2, 0) is 0 Å². The number of aromatic amines is 1. The van der Waals surface area contributed by atoms with Crippen molar-refractivity contribution >= 4 is 5.91 Å². The number of carbonyl (C=O) groups excluding carboxylic acids is 1. The number of hydrogen-bond donors (Lipinski definition) is 3. The minimum Gasteiger partial charge on any atom is -0.387 e. The van der Waals surface area contributed by atoms with Gasteiger partial charge in [-0.1, -0.05) is 54.6 Å². The van der Waals surface area contributed by atoms with Crippen molar-refractivity contribution in [2.45, 2.75) is 6.10 Å². The van der Waals surface area contributed by atoms with E-state index in [-0.39, 0.29) is 12.5 Å². The minimum absolute atomic E-state index is 0.0877. The third-order valence-corrected chi connectivity index (χ3v) is 3.92. The molecule has 1 aromatic heterocycles. The predicted molar refractivity (Wildman–Crippen MR) is 94.7 cm³/mol. The monoisotopic (exact) mass is 331 g/mol. The molecule has 25 heavy (non-hydrogen) atoms. The van der Waals surface area contributed by atoms with E-state index >= 15 is 0 Å². The molecule has 0 fully saturated rings. The topological polar surface area (TPSA) is 88.9 Å². The standard InChI is InChI=1S/C20H17N3O2/c21-11-14-10-18(22-12-14)20(25)23-13-19(24)17-8-6-16(7-9-17)15-4-2-1-3-5-15/h1-10,12,19,22,24H,13H2,(H,23,25)/t19-/m0/s1. The molecule has 3 rings (SSSR count). The van der Waals surface area contributed by atoms with Gasteiger partial charge in [0.15, 0.2) is 0 Å². The van der Waals surface area contributed by atoms with Crippen molar-refractivity contribution in [2.75, 3.05) is 6.54 Å². The van der Waals surface area contributed by atoms with Crippen LogP contribution in [0.4, 0.5) is 0 Å². The molecule has 5 nitrogen and oxygen atoms in total. The van der Waals surface area contributed by atoms with Crippen LogP contribution < -0.4 is 5.32 Å². The quantitative estimate of drug-likeness (QED) is 0.671. The van der Waals surface area contributed by atoms with Gasteiger partial charge in [0.1, 0.15) is 11.8 Å². The van der Waals surface area contributed by atoms with Crippen LogP contribution in [0.3, 0.4) is 0 Å². The molecule has 0 aliphatic carbocycles. The van der Waals surface area contributed by atoms with Gasteiger partial charge in [-0.25, -0.2) is 0 Å². The van der Waals surface area contributed by atoms with Crippen molar-refractivity contribution in [3.05, 3.63) is 83.7 Å². The van der Waals surface area contributed by atoms with E-state index in [1.165, 1.54) is 12.3 Å². The zero-order valence-electron chi connectivity index (χ0n) is 13.4. The van der Waals surface area contributed by atoms with E-state index in [1.807, 2.05) is 60.7 Å². The first-order valence-corrected chi connectivity index (χ1v) is 7.87. The summed E-state index contributed by atoms with van der Waals surface area (Å²) >= 11 is 0. The lowest BCUT2D eigenvalue weighted by Gasteiger charge is -2.12. The van der Waals surface area contributed by atoms with Gasteiger partial charge in [-0.05, 0) is 22.8 Å². The van der Waals surface area contributed by atoms with Gasteiger partial charge in [-0.3, -0.25) is 4.79 Å². The fraction of sp³-hybridized carbons (Fsp3) is 0.100. The SMILES string of the molecule is N#Cc1c[nH]c(C(=O)NC[C@H](O)c2ccc(-c3ccccc3)cc2)c1. The number of aliphatic hydroxyl groups is 1. The van der Waals surface area contributed by atoms with Gasteiger partial charge in [0.2, 0.25) is 0 Å². The molecule has 3 N–H and O–H groups in total.